The molecule has 0 saturated carbocycles. The van der Waals surface area contributed by atoms with Gasteiger partial charge in [-0.2, -0.15) is 0 Å². The lowest BCUT2D eigenvalue weighted by atomic mass is 9.96. The molecule has 86 valence electrons. The first-order valence-corrected chi connectivity index (χ1v) is 5.23. The van der Waals surface area contributed by atoms with Gasteiger partial charge in [-0.15, -0.1) is 0 Å². The summed E-state index contributed by atoms with van der Waals surface area (Å²) in [6.45, 7) is 9.38. The lowest BCUT2D eigenvalue weighted by Crippen LogP contribution is -2.35. The number of Topliss-reactive ketones (excluding diaryl/α,β-unsaturated/α-hetero) is 1. The summed E-state index contributed by atoms with van der Waals surface area (Å²) in [5.41, 5.74) is 1.30. The lowest BCUT2D eigenvalue weighted by molar-refractivity contribution is -0.116. The van der Waals surface area contributed by atoms with Gasteiger partial charge in [-0.1, -0.05) is 20.4 Å². The molecule has 1 atom stereocenters. The van der Waals surface area contributed by atoms with Gasteiger partial charge in [-0.05, 0) is 18.4 Å². The molecule has 0 spiro atoms. The third kappa shape index (κ3) is 3.15. The molecular formula is C12H17N3O. The van der Waals surface area contributed by atoms with Crippen LogP contribution < -0.4 is 5.32 Å². The van der Waals surface area contributed by atoms with E-state index in [9.17, 15) is 4.79 Å². The van der Waals surface area contributed by atoms with Crippen LogP contribution in [0.5, 0.6) is 0 Å². The quantitative estimate of drug-likeness (QED) is 0.770. The zero-order valence-corrected chi connectivity index (χ0v) is 9.90. The average Bonchev–Trinajstić information content (AvgIpc) is 2.26. The molecule has 16 heavy (non-hydrogen) atoms. The predicted molar refractivity (Wildman–Crippen MR) is 64.1 cm³/mol. The summed E-state index contributed by atoms with van der Waals surface area (Å²) in [5, 5.41) is 3.12. The van der Waals surface area contributed by atoms with Crippen LogP contribution in [-0.4, -0.2) is 21.8 Å². The second-order valence-corrected chi connectivity index (χ2v) is 4.14. The lowest BCUT2D eigenvalue weighted by Gasteiger charge is -2.21. The van der Waals surface area contributed by atoms with Crippen molar-refractivity contribution >= 4 is 11.5 Å². The molecule has 1 aromatic heterocycles. The molecule has 1 heterocycles. The SMILES string of the molecule is C=C(C)C(=O)C(Nc1cncnc1)C(C)C. The van der Waals surface area contributed by atoms with Crippen molar-refractivity contribution in [2.75, 3.05) is 5.32 Å². The fraction of sp³-hybridized carbons (Fsp3) is 0.417. The Bertz CT molecular complexity index is 373. The van der Waals surface area contributed by atoms with Gasteiger partial charge in [0.15, 0.2) is 5.78 Å². The van der Waals surface area contributed by atoms with E-state index in [0.29, 0.717) is 5.57 Å². The standard InChI is InChI=1S/C12H17N3O/c1-8(2)11(12(16)9(3)4)15-10-5-13-7-14-6-10/h5-8,11,15H,3H2,1-2,4H3. The zero-order valence-electron chi connectivity index (χ0n) is 9.90. The predicted octanol–water partition coefficient (Wildman–Crippen LogP) is 2.06. The molecule has 0 aliphatic rings. The van der Waals surface area contributed by atoms with Crippen LogP contribution >= 0.6 is 0 Å². The minimum Gasteiger partial charge on any atom is -0.372 e. The van der Waals surface area contributed by atoms with Gasteiger partial charge in [0, 0.05) is 0 Å². The van der Waals surface area contributed by atoms with Gasteiger partial charge in [0.2, 0.25) is 0 Å². The first kappa shape index (κ1) is 12.4. The summed E-state index contributed by atoms with van der Waals surface area (Å²) < 4.78 is 0. The van der Waals surface area contributed by atoms with E-state index in [1.54, 1.807) is 19.3 Å². The van der Waals surface area contributed by atoms with Gasteiger partial charge in [-0.3, -0.25) is 4.79 Å². The van der Waals surface area contributed by atoms with E-state index in [-0.39, 0.29) is 17.7 Å². The third-order valence-corrected chi connectivity index (χ3v) is 2.25. The highest BCUT2D eigenvalue weighted by Crippen LogP contribution is 2.13. The number of anilines is 1. The average molecular weight is 219 g/mol. The van der Waals surface area contributed by atoms with Gasteiger partial charge in [0.25, 0.3) is 0 Å². The number of carbonyl (C=O) groups excluding carboxylic acids is 1. The molecular weight excluding hydrogens is 202 g/mol. The third-order valence-electron chi connectivity index (χ3n) is 2.25. The summed E-state index contributed by atoms with van der Waals surface area (Å²) in [4.78, 5) is 19.7. The topological polar surface area (TPSA) is 54.9 Å². The van der Waals surface area contributed by atoms with Crippen LogP contribution in [0.3, 0.4) is 0 Å². The molecule has 1 rings (SSSR count). The van der Waals surface area contributed by atoms with E-state index in [1.807, 2.05) is 13.8 Å². The number of carbonyl (C=O) groups is 1. The summed E-state index contributed by atoms with van der Waals surface area (Å²) in [5.74, 6) is 0.211. The summed E-state index contributed by atoms with van der Waals surface area (Å²) in [7, 11) is 0. The smallest absolute Gasteiger partial charge is 0.180 e. The van der Waals surface area contributed by atoms with Crippen molar-refractivity contribution in [1.82, 2.24) is 9.97 Å². The first-order chi connectivity index (χ1) is 7.52. The summed E-state index contributed by atoms with van der Waals surface area (Å²) in [6.07, 6.45) is 4.75. The van der Waals surface area contributed by atoms with Crippen molar-refractivity contribution in [3.63, 3.8) is 0 Å². The van der Waals surface area contributed by atoms with E-state index >= 15 is 0 Å². The Hall–Kier alpha value is -1.71. The zero-order chi connectivity index (χ0) is 12.1. The monoisotopic (exact) mass is 219 g/mol. The Kier molecular flexibility index (Phi) is 4.17. The molecule has 1 unspecified atom stereocenters. The second kappa shape index (κ2) is 5.39. The van der Waals surface area contributed by atoms with Crippen LogP contribution in [0.4, 0.5) is 5.69 Å². The highest BCUT2D eigenvalue weighted by Gasteiger charge is 2.22. The number of aromatic nitrogens is 2. The van der Waals surface area contributed by atoms with Gasteiger partial charge < -0.3 is 5.32 Å². The molecule has 4 heteroatoms. The number of hydrogen-bond acceptors (Lipinski definition) is 4. The fourth-order valence-corrected chi connectivity index (χ4v) is 1.35. The fourth-order valence-electron chi connectivity index (χ4n) is 1.35. The van der Waals surface area contributed by atoms with Gasteiger partial charge in [0.05, 0.1) is 24.1 Å². The molecule has 4 nitrogen and oxygen atoms in total. The van der Waals surface area contributed by atoms with Crippen molar-refractivity contribution < 1.29 is 4.79 Å². The van der Waals surface area contributed by atoms with Crippen LogP contribution in [0.15, 0.2) is 30.9 Å². The molecule has 0 radical (unpaired) electrons. The molecule has 0 aliphatic heterocycles. The maximum absolute atomic E-state index is 11.9. The Morgan fingerprint density at radius 3 is 2.38 bits per heavy atom. The Morgan fingerprint density at radius 2 is 1.94 bits per heavy atom. The summed E-state index contributed by atoms with van der Waals surface area (Å²) >= 11 is 0. The minimum absolute atomic E-state index is 0.0267. The molecule has 0 bridgehead atoms. The number of nitrogens with one attached hydrogen (secondary N) is 1. The van der Waals surface area contributed by atoms with E-state index in [4.69, 9.17) is 0 Å². The highest BCUT2D eigenvalue weighted by molar-refractivity contribution is 6.00. The van der Waals surface area contributed by atoms with Crippen LogP contribution in [0.2, 0.25) is 0 Å². The van der Waals surface area contributed by atoms with Crippen LogP contribution in [-0.2, 0) is 4.79 Å². The van der Waals surface area contributed by atoms with Gasteiger partial charge in [-0.25, -0.2) is 9.97 Å². The highest BCUT2D eigenvalue weighted by atomic mass is 16.1. The van der Waals surface area contributed by atoms with E-state index in [2.05, 4.69) is 21.9 Å². The minimum atomic E-state index is -0.275. The Labute approximate surface area is 95.8 Å². The van der Waals surface area contributed by atoms with Crippen molar-refractivity contribution in [1.29, 1.82) is 0 Å². The number of hydrogen-bond donors (Lipinski definition) is 1. The number of rotatable bonds is 5. The Morgan fingerprint density at radius 1 is 1.38 bits per heavy atom. The maximum atomic E-state index is 11.9. The van der Waals surface area contributed by atoms with Crippen LogP contribution in [0.25, 0.3) is 0 Å². The largest absolute Gasteiger partial charge is 0.372 e. The van der Waals surface area contributed by atoms with Crippen LogP contribution in [0.1, 0.15) is 20.8 Å². The first-order valence-electron chi connectivity index (χ1n) is 5.23. The summed E-state index contributed by atoms with van der Waals surface area (Å²) in [6, 6.07) is -0.275. The van der Waals surface area contributed by atoms with Crippen molar-refractivity contribution in [3.8, 4) is 0 Å². The van der Waals surface area contributed by atoms with Gasteiger partial charge >= 0.3 is 0 Å². The molecule has 0 aromatic carbocycles. The van der Waals surface area contributed by atoms with Gasteiger partial charge in [0.1, 0.15) is 6.33 Å². The normalized spacial score (nSPS) is 12.2. The van der Waals surface area contributed by atoms with Crippen molar-refractivity contribution in [3.05, 3.63) is 30.9 Å². The molecule has 0 amide bonds. The van der Waals surface area contributed by atoms with Crippen LogP contribution in [0, 0.1) is 5.92 Å². The van der Waals surface area contributed by atoms with E-state index in [0.717, 1.165) is 5.69 Å². The molecule has 1 N–H and O–H groups in total. The van der Waals surface area contributed by atoms with Crippen molar-refractivity contribution in [2.24, 2.45) is 5.92 Å². The van der Waals surface area contributed by atoms with E-state index in [1.165, 1.54) is 6.33 Å². The second-order valence-electron chi connectivity index (χ2n) is 4.14. The Balaban J connectivity index is 2.81. The molecule has 1 aromatic rings. The van der Waals surface area contributed by atoms with E-state index < -0.39 is 0 Å². The molecule has 0 aliphatic carbocycles. The molecule has 0 fully saturated rings. The van der Waals surface area contributed by atoms with Crippen molar-refractivity contribution in [2.45, 2.75) is 26.8 Å². The molecule has 0 saturated heterocycles. The maximum Gasteiger partial charge on any atom is 0.180 e. The number of ketones is 1. The number of nitrogens with zero attached hydrogens (tertiary/aromatic N) is 2.